The molecule has 0 aromatic rings. The topological polar surface area (TPSA) is 26.3 Å². The van der Waals surface area contributed by atoms with E-state index < -0.39 is 0 Å². The Labute approximate surface area is 72.6 Å². The van der Waals surface area contributed by atoms with Crippen LogP contribution in [-0.2, 0) is 9.53 Å². The zero-order valence-electron chi connectivity index (χ0n) is 7.70. The van der Waals surface area contributed by atoms with Gasteiger partial charge in [0, 0.05) is 11.8 Å². The molecule has 2 aliphatic rings. The van der Waals surface area contributed by atoms with Crippen LogP contribution in [0.3, 0.4) is 0 Å². The van der Waals surface area contributed by atoms with Gasteiger partial charge in [-0.2, -0.15) is 0 Å². The fourth-order valence-electron chi connectivity index (χ4n) is 2.17. The Bertz CT molecular complexity index is 255. The van der Waals surface area contributed by atoms with Crippen LogP contribution in [0.4, 0.5) is 0 Å². The van der Waals surface area contributed by atoms with Crippen LogP contribution in [0.15, 0.2) is 11.6 Å². The fourth-order valence-corrected chi connectivity index (χ4v) is 2.17. The zero-order chi connectivity index (χ0) is 8.88. The van der Waals surface area contributed by atoms with E-state index in [1.807, 2.05) is 20.8 Å². The van der Waals surface area contributed by atoms with Crippen molar-refractivity contribution in [1.82, 2.24) is 0 Å². The van der Waals surface area contributed by atoms with Crippen LogP contribution >= 0.6 is 0 Å². The van der Waals surface area contributed by atoms with Crippen molar-refractivity contribution in [3.8, 4) is 0 Å². The minimum absolute atomic E-state index is 0.0497. The van der Waals surface area contributed by atoms with E-state index in [4.69, 9.17) is 4.74 Å². The van der Waals surface area contributed by atoms with E-state index in [9.17, 15) is 4.79 Å². The van der Waals surface area contributed by atoms with Gasteiger partial charge >= 0.3 is 0 Å². The first kappa shape index (κ1) is 7.99. The van der Waals surface area contributed by atoms with Crippen LogP contribution in [0.5, 0.6) is 0 Å². The van der Waals surface area contributed by atoms with Crippen molar-refractivity contribution in [3.05, 3.63) is 11.6 Å². The average Bonchev–Trinajstić information content (AvgIpc) is 2.39. The molecule has 2 heteroatoms. The second kappa shape index (κ2) is 2.43. The number of fused-ring (bicyclic) bond motifs is 2. The predicted molar refractivity (Wildman–Crippen MR) is 45.8 cm³/mol. The molecule has 0 saturated carbocycles. The first-order valence-electron chi connectivity index (χ1n) is 4.48. The monoisotopic (exact) mass is 166 g/mol. The van der Waals surface area contributed by atoms with Gasteiger partial charge in [0.15, 0.2) is 0 Å². The average molecular weight is 166 g/mol. The Morgan fingerprint density at radius 2 is 2.00 bits per heavy atom. The molecule has 2 heterocycles. The highest BCUT2D eigenvalue weighted by molar-refractivity contribution is 5.86. The molecule has 0 unspecified atom stereocenters. The minimum atomic E-state index is 0.0497. The van der Waals surface area contributed by atoms with Gasteiger partial charge in [-0.1, -0.05) is 19.9 Å². The molecule has 2 aliphatic heterocycles. The summed E-state index contributed by atoms with van der Waals surface area (Å²) in [6, 6.07) is 0. The largest absolute Gasteiger partial charge is 0.365 e. The maximum Gasteiger partial charge on any atom is 0.144 e. The van der Waals surface area contributed by atoms with Crippen molar-refractivity contribution < 1.29 is 9.53 Å². The molecular formula is C10H14O2. The molecular weight excluding hydrogens is 152 g/mol. The third-order valence-corrected chi connectivity index (χ3v) is 3.02. The number of ketones is 1. The molecule has 0 spiro atoms. The number of carbonyl (C=O) groups is 1. The number of rotatable bonds is 0. The summed E-state index contributed by atoms with van der Waals surface area (Å²) in [6.45, 7) is 5.96. The molecule has 1 fully saturated rings. The number of carbonyl (C=O) groups excluding carboxylic acids is 1. The van der Waals surface area contributed by atoms with E-state index in [0.717, 1.165) is 0 Å². The summed E-state index contributed by atoms with van der Waals surface area (Å²) in [5.74, 6) is 0.452. The van der Waals surface area contributed by atoms with Gasteiger partial charge in [-0.05, 0) is 12.5 Å². The van der Waals surface area contributed by atoms with Gasteiger partial charge in [0.2, 0.25) is 0 Å². The molecule has 66 valence electrons. The van der Waals surface area contributed by atoms with Crippen LogP contribution < -0.4 is 0 Å². The highest BCUT2D eigenvalue weighted by atomic mass is 16.5. The summed E-state index contributed by atoms with van der Waals surface area (Å²) < 4.78 is 5.69. The molecule has 2 rings (SSSR count). The van der Waals surface area contributed by atoms with E-state index >= 15 is 0 Å². The smallest absolute Gasteiger partial charge is 0.144 e. The van der Waals surface area contributed by atoms with Gasteiger partial charge in [-0.15, -0.1) is 0 Å². The third-order valence-electron chi connectivity index (χ3n) is 3.02. The maximum atomic E-state index is 11.6. The molecule has 2 nitrogen and oxygen atoms in total. The molecule has 0 aromatic carbocycles. The summed E-state index contributed by atoms with van der Waals surface area (Å²) >= 11 is 0. The predicted octanol–water partition coefficient (Wildman–Crippen LogP) is 1.55. The van der Waals surface area contributed by atoms with Gasteiger partial charge in [-0.25, -0.2) is 0 Å². The van der Waals surface area contributed by atoms with E-state index in [-0.39, 0.29) is 24.0 Å². The lowest BCUT2D eigenvalue weighted by Crippen LogP contribution is -2.41. The van der Waals surface area contributed by atoms with Crippen LogP contribution in [0.1, 0.15) is 20.8 Å². The van der Waals surface area contributed by atoms with E-state index in [1.165, 1.54) is 5.57 Å². The normalized spacial score (nSPS) is 46.2. The van der Waals surface area contributed by atoms with Gasteiger partial charge in [0.25, 0.3) is 0 Å². The lowest BCUT2D eigenvalue weighted by molar-refractivity contribution is -0.143. The Hall–Kier alpha value is -0.630. The summed E-state index contributed by atoms with van der Waals surface area (Å²) in [5.41, 5.74) is 1.23. The summed E-state index contributed by atoms with van der Waals surface area (Å²) in [6.07, 6.45) is 2.22. The molecule has 1 saturated heterocycles. The van der Waals surface area contributed by atoms with Crippen molar-refractivity contribution >= 4 is 5.78 Å². The van der Waals surface area contributed by atoms with Crippen molar-refractivity contribution in [1.29, 1.82) is 0 Å². The molecule has 2 bridgehead atoms. The van der Waals surface area contributed by atoms with E-state index in [0.29, 0.717) is 5.78 Å². The van der Waals surface area contributed by atoms with Crippen molar-refractivity contribution in [3.63, 3.8) is 0 Å². The molecule has 12 heavy (non-hydrogen) atoms. The number of ether oxygens (including phenoxy) is 1. The van der Waals surface area contributed by atoms with Gasteiger partial charge < -0.3 is 4.74 Å². The Balaban J connectivity index is 2.34. The van der Waals surface area contributed by atoms with E-state index in [2.05, 4.69) is 6.08 Å². The Kier molecular flexibility index (Phi) is 1.62. The molecule has 0 radical (unpaired) electrons. The molecule has 4 atom stereocenters. The second-order valence-electron chi connectivity index (χ2n) is 3.91. The number of hydrogen-bond donors (Lipinski definition) is 0. The van der Waals surface area contributed by atoms with Crippen LogP contribution in [-0.4, -0.2) is 18.0 Å². The van der Waals surface area contributed by atoms with Gasteiger partial charge in [0.1, 0.15) is 5.78 Å². The fraction of sp³-hybridized carbons (Fsp3) is 0.700. The first-order chi connectivity index (χ1) is 5.61. The Morgan fingerprint density at radius 1 is 1.33 bits per heavy atom. The summed E-state index contributed by atoms with van der Waals surface area (Å²) in [5, 5.41) is 0. The van der Waals surface area contributed by atoms with Crippen molar-refractivity contribution in [2.75, 3.05) is 0 Å². The lowest BCUT2D eigenvalue weighted by Gasteiger charge is -2.31. The quantitative estimate of drug-likeness (QED) is 0.510. The van der Waals surface area contributed by atoms with E-state index in [1.54, 1.807) is 0 Å². The van der Waals surface area contributed by atoms with Crippen molar-refractivity contribution in [2.24, 2.45) is 11.8 Å². The molecule has 0 N–H and O–H groups in total. The zero-order valence-corrected chi connectivity index (χ0v) is 7.70. The molecule has 0 amide bonds. The molecule has 0 aliphatic carbocycles. The highest BCUT2D eigenvalue weighted by Crippen LogP contribution is 2.36. The van der Waals surface area contributed by atoms with Crippen LogP contribution in [0.2, 0.25) is 0 Å². The van der Waals surface area contributed by atoms with Crippen LogP contribution in [0, 0.1) is 11.8 Å². The van der Waals surface area contributed by atoms with Gasteiger partial charge in [0.05, 0.1) is 12.2 Å². The van der Waals surface area contributed by atoms with Crippen molar-refractivity contribution in [2.45, 2.75) is 33.0 Å². The first-order valence-corrected chi connectivity index (χ1v) is 4.48. The number of hydrogen-bond acceptors (Lipinski definition) is 2. The third kappa shape index (κ3) is 0.876. The second-order valence-corrected chi connectivity index (χ2v) is 3.91. The molecule has 0 aromatic heterocycles. The SMILES string of the molecule is CC1=C[C@H]2O[C@@H]1[C@@H](C)C(=O)[C@H]2C. The maximum absolute atomic E-state index is 11.6. The van der Waals surface area contributed by atoms with Crippen LogP contribution in [0.25, 0.3) is 0 Å². The lowest BCUT2D eigenvalue weighted by atomic mass is 9.87. The standard InChI is InChI=1S/C10H14O2/c1-5-4-8-6(2)9(11)7(3)10(5)12-8/h4,6-8,10H,1-3H3/t6-,7-,8+,10-/m0/s1. The summed E-state index contributed by atoms with van der Waals surface area (Å²) in [4.78, 5) is 11.6. The number of Topliss-reactive ketones (excluding diaryl/α,β-unsaturated/α-hetero) is 1. The van der Waals surface area contributed by atoms with Gasteiger partial charge in [-0.3, -0.25) is 4.79 Å². The minimum Gasteiger partial charge on any atom is -0.365 e. The summed E-state index contributed by atoms with van der Waals surface area (Å²) in [7, 11) is 0. The highest BCUT2D eigenvalue weighted by Gasteiger charge is 2.43. The Morgan fingerprint density at radius 3 is 2.67 bits per heavy atom.